The first-order valence-electron chi connectivity index (χ1n) is 8.67. The average Bonchev–Trinajstić information content (AvgIpc) is 3.41. The van der Waals surface area contributed by atoms with E-state index in [-0.39, 0.29) is 0 Å². The van der Waals surface area contributed by atoms with Crippen molar-refractivity contribution >= 4 is 0 Å². The molecule has 0 atom stereocenters. The molecule has 3 nitrogen and oxygen atoms in total. The summed E-state index contributed by atoms with van der Waals surface area (Å²) in [5, 5.41) is 8.62. The van der Waals surface area contributed by atoms with E-state index in [1.807, 2.05) is 0 Å². The molecule has 0 amide bonds. The Labute approximate surface area is 122 Å². The topological polar surface area (TPSA) is 29.9 Å². The smallest absolute Gasteiger partial charge is 0.0762 e. The molecule has 0 bridgehead atoms. The quantitative estimate of drug-likeness (QED) is 0.857. The van der Waals surface area contributed by atoms with Gasteiger partial charge in [0.25, 0.3) is 0 Å². The van der Waals surface area contributed by atoms with Gasteiger partial charge in [-0.15, -0.1) is 0 Å². The van der Waals surface area contributed by atoms with Gasteiger partial charge in [-0.05, 0) is 56.4 Å². The van der Waals surface area contributed by atoms with Crippen molar-refractivity contribution in [1.82, 2.24) is 15.1 Å². The van der Waals surface area contributed by atoms with Crippen molar-refractivity contribution in [2.45, 2.75) is 76.4 Å². The van der Waals surface area contributed by atoms with Crippen LogP contribution in [0.15, 0.2) is 12.3 Å². The van der Waals surface area contributed by atoms with Crippen LogP contribution in [0.5, 0.6) is 0 Å². The molecule has 0 radical (unpaired) electrons. The van der Waals surface area contributed by atoms with Gasteiger partial charge in [-0.2, -0.15) is 5.10 Å². The van der Waals surface area contributed by atoms with Crippen LogP contribution in [0.1, 0.15) is 69.5 Å². The first kappa shape index (κ1) is 12.9. The maximum Gasteiger partial charge on any atom is 0.0762 e. The molecule has 4 rings (SSSR count). The largest absolute Gasteiger partial charge is 0.308 e. The Balaban J connectivity index is 1.33. The van der Waals surface area contributed by atoms with Crippen LogP contribution in [0.2, 0.25) is 0 Å². The van der Waals surface area contributed by atoms with Crippen molar-refractivity contribution in [2.75, 3.05) is 0 Å². The van der Waals surface area contributed by atoms with E-state index in [1.165, 1.54) is 63.5 Å². The van der Waals surface area contributed by atoms with E-state index in [4.69, 9.17) is 5.10 Å². The van der Waals surface area contributed by atoms with E-state index in [0.717, 1.165) is 24.4 Å². The van der Waals surface area contributed by atoms with Crippen LogP contribution in [0, 0.1) is 11.8 Å². The summed E-state index contributed by atoms with van der Waals surface area (Å²) in [6, 6.07) is 3.67. The summed E-state index contributed by atoms with van der Waals surface area (Å²) in [5.41, 5.74) is 1.24. The van der Waals surface area contributed by atoms with Crippen LogP contribution >= 0.6 is 0 Å². The van der Waals surface area contributed by atoms with Crippen molar-refractivity contribution < 1.29 is 0 Å². The molecule has 1 aromatic heterocycles. The molecular weight excluding hydrogens is 246 g/mol. The lowest BCUT2D eigenvalue weighted by Gasteiger charge is -2.22. The molecule has 0 aromatic carbocycles. The van der Waals surface area contributed by atoms with Crippen molar-refractivity contribution in [3.8, 4) is 0 Å². The van der Waals surface area contributed by atoms with Crippen molar-refractivity contribution in [3.05, 3.63) is 18.0 Å². The lowest BCUT2D eigenvalue weighted by atomic mass is 9.96. The molecule has 0 spiro atoms. The summed E-state index contributed by atoms with van der Waals surface area (Å²) >= 11 is 0. The normalized spacial score (nSPS) is 24.4. The Kier molecular flexibility index (Phi) is 3.55. The molecule has 0 aliphatic heterocycles. The highest BCUT2D eigenvalue weighted by atomic mass is 15.3. The minimum atomic E-state index is 0.667. The summed E-state index contributed by atoms with van der Waals surface area (Å²) in [7, 11) is 0. The fraction of sp³-hybridized carbons (Fsp3) is 0.824. The van der Waals surface area contributed by atoms with E-state index >= 15 is 0 Å². The summed E-state index contributed by atoms with van der Waals surface area (Å²) in [5.74, 6) is 1.95. The van der Waals surface area contributed by atoms with Gasteiger partial charge >= 0.3 is 0 Å². The zero-order valence-corrected chi connectivity index (χ0v) is 12.4. The number of nitrogens with zero attached hydrogens (tertiary/aromatic N) is 2. The highest BCUT2D eigenvalue weighted by Crippen LogP contribution is 2.44. The number of hydrogen-bond donors (Lipinski definition) is 1. The Morgan fingerprint density at radius 2 is 1.75 bits per heavy atom. The van der Waals surface area contributed by atoms with Gasteiger partial charge in [0.2, 0.25) is 0 Å². The molecular formula is C17H27N3. The van der Waals surface area contributed by atoms with Crippen LogP contribution in [-0.4, -0.2) is 15.8 Å². The predicted octanol–water partition coefficient (Wildman–Crippen LogP) is 3.67. The fourth-order valence-electron chi connectivity index (χ4n) is 3.87. The van der Waals surface area contributed by atoms with E-state index < -0.39 is 0 Å². The molecule has 3 heteroatoms. The molecule has 0 unspecified atom stereocenters. The molecule has 1 N–H and O–H groups in total. The summed E-state index contributed by atoms with van der Waals surface area (Å²) in [6.07, 6.45) is 14.8. The molecule has 110 valence electrons. The van der Waals surface area contributed by atoms with Crippen molar-refractivity contribution in [1.29, 1.82) is 0 Å². The van der Waals surface area contributed by atoms with E-state index in [1.54, 1.807) is 0 Å². The molecule has 3 aliphatic rings. The Bertz CT molecular complexity index is 427. The zero-order chi connectivity index (χ0) is 13.4. The van der Waals surface area contributed by atoms with Crippen molar-refractivity contribution in [3.63, 3.8) is 0 Å². The number of hydrogen-bond acceptors (Lipinski definition) is 2. The van der Waals surface area contributed by atoms with Gasteiger partial charge in [0.15, 0.2) is 0 Å². The van der Waals surface area contributed by atoms with Gasteiger partial charge in [0.05, 0.1) is 11.7 Å². The lowest BCUT2D eigenvalue weighted by Crippen LogP contribution is -2.32. The summed E-state index contributed by atoms with van der Waals surface area (Å²) in [6.45, 7) is 0.970. The minimum absolute atomic E-state index is 0.667. The lowest BCUT2D eigenvalue weighted by molar-refractivity contribution is 0.326. The Morgan fingerprint density at radius 3 is 2.40 bits per heavy atom. The second kappa shape index (κ2) is 5.51. The second-order valence-electron chi connectivity index (χ2n) is 7.16. The van der Waals surface area contributed by atoms with Crippen LogP contribution in [0.25, 0.3) is 0 Å². The third kappa shape index (κ3) is 2.93. The van der Waals surface area contributed by atoms with Gasteiger partial charge in [-0.1, -0.05) is 19.3 Å². The standard InChI is InChI=1S/C17H27N3/c1-2-4-16(5-3-1)20-11-10-15(19-20)12-18-17(13-6-7-13)14-8-9-14/h10-11,13-14,16-18H,1-9,12H2. The molecule has 1 heterocycles. The van der Waals surface area contributed by atoms with Crippen LogP contribution < -0.4 is 5.32 Å². The Hall–Kier alpha value is -0.830. The number of rotatable bonds is 6. The van der Waals surface area contributed by atoms with E-state index in [0.29, 0.717) is 6.04 Å². The Morgan fingerprint density at radius 1 is 1.05 bits per heavy atom. The van der Waals surface area contributed by atoms with Crippen LogP contribution in [0.3, 0.4) is 0 Å². The fourth-order valence-corrected chi connectivity index (χ4v) is 3.87. The average molecular weight is 273 g/mol. The molecule has 20 heavy (non-hydrogen) atoms. The molecule has 3 saturated carbocycles. The molecule has 1 aromatic rings. The third-order valence-corrected chi connectivity index (χ3v) is 5.39. The zero-order valence-electron chi connectivity index (χ0n) is 12.4. The summed E-state index contributed by atoms with van der Waals surface area (Å²) < 4.78 is 2.24. The first-order valence-corrected chi connectivity index (χ1v) is 8.67. The molecule has 0 saturated heterocycles. The van der Waals surface area contributed by atoms with E-state index in [9.17, 15) is 0 Å². The monoisotopic (exact) mass is 273 g/mol. The van der Waals surface area contributed by atoms with E-state index in [2.05, 4.69) is 22.3 Å². The highest BCUT2D eigenvalue weighted by molar-refractivity contribution is 5.02. The van der Waals surface area contributed by atoms with Crippen molar-refractivity contribution in [2.24, 2.45) is 11.8 Å². The first-order chi connectivity index (χ1) is 9.90. The van der Waals surface area contributed by atoms with Crippen LogP contribution in [0.4, 0.5) is 0 Å². The van der Waals surface area contributed by atoms with Gasteiger partial charge in [0, 0.05) is 18.8 Å². The number of aromatic nitrogens is 2. The molecule has 3 fully saturated rings. The highest BCUT2D eigenvalue weighted by Gasteiger charge is 2.41. The third-order valence-electron chi connectivity index (χ3n) is 5.39. The summed E-state index contributed by atoms with van der Waals surface area (Å²) in [4.78, 5) is 0. The second-order valence-corrected chi connectivity index (χ2v) is 7.16. The van der Waals surface area contributed by atoms with Gasteiger partial charge in [-0.25, -0.2) is 0 Å². The van der Waals surface area contributed by atoms with Crippen LogP contribution in [-0.2, 0) is 6.54 Å². The predicted molar refractivity (Wildman–Crippen MR) is 80.4 cm³/mol. The van der Waals surface area contributed by atoms with Gasteiger partial charge in [0.1, 0.15) is 0 Å². The SMILES string of the molecule is c1cn(C2CCCCC2)nc1CNC(C1CC1)C1CC1. The number of nitrogens with one attached hydrogen (secondary N) is 1. The minimum Gasteiger partial charge on any atom is -0.308 e. The maximum absolute atomic E-state index is 4.82. The van der Waals surface area contributed by atoms with Gasteiger partial charge in [-0.3, -0.25) is 4.68 Å². The molecule has 3 aliphatic carbocycles. The van der Waals surface area contributed by atoms with Gasteiger partial charge < -0.3 is 5.32 Å². The maximum atomic E-state index is 4.82.